The summed E-state index contributed by atoms with van der Waals surface area (Å²) in [4.78, 5) is 4.54. The van der Waals surface area contributed by atoms with Gasteiger partial charge in [0.2, 0.25) is 0 Å². The minimum atomic E-state index is -0.138. The van der Waals surface area contributed by atoms with Crippen LogP contribution in [0.2, 0.25) is 5.02 Å². The molecule has 3 heteroatoms. The van der Waals surface area contributed by atoms with Gasteiger partial charge < -0.3 is 5.11 Å². The molecule has 0 fully saturated rings. The molecule has 0 aliphatic rings. The van der Waals surface area contributed by atoms with Crippen LogP contribution in [0.3, 0.4) is 0 Å². The highest BCUT2D eigenvalue weighted by atomic mass is 35.5. The Morgan fingerprint density at radius 2 is 2.06 bits per heavy atom. The van der Waals surface area contributed by atoms with Crippen molar-refractivity contribution in [2.45, 2.75) is 32.6 Å². The van der Waals surface area contributed by atoms with E-state index in [0.29, 0.717) is 5.02 Å². The van der Waals surface area contributed by atoms with Crippen LogP contribution >= 0.6 is 11.6 Å². The lowest BCUT2D eigenvalue weighted by Gasteiger charge is -2.23. The summed E-state index contributed by atoms with van der Waals surface area (Å²) in [6, 6.07) is 7.29. The zero-order valence-corrected chi connectivity index (χ0v) is 11.0. The average molecular weight is 250 g/mol. The first-order chi connectivity index (χ1) is 7.95. The third-order valence-corrected chi connectivity index (χ3v) is 3.64. The molecule has 1 heterocycles. The maximum Gasteiger partial charge on any atom is 0.138 e. The predicted octanol–water partition coefficient (Wildman–Crippen LogP) is 4.28. The SMILES string of the molecule is CCC(C)(C)c1nc2cccc(Cl)c2cc1O. The fourth-order valence-corrected chi connectivity index (χ4v) is 2.04. The molecular weight excluding hydrogens is 234 g/mol. The van der Waals surface area contributed by atoms with E-state index < -0.39 is 0 Å². The number of nitrogens with zero attached hydrogens (tertiary/aromatic N) is 1. The summed E-state index contributed by atoms with van der Waals surface area (Å²) in [6.45, 7) is 6.24. The number of hydrogen-bond acceptors (Lipinski definition) is 2. The van der Waals surface area contributed by atoms with Crippen LogP contribution in [0.1, 0.15) is 32.9 Å². The second kappa shape index (κ2) is 4.19. The Labute approximate surface area is 106 Å². The van der Waals surface area contributed by atoms with Gasteiger partial charge in [-0.2, -0.15) is 0 Å². The van der Waals surface area contributed by atoms with E-state index in [9.17, 15) is 5.11 Å². The topological polar surface area (TPSA) is 33.1 Å². The lowest BCUT2D eigenvalue weighted by molar-refractivity contribution is 0.419. The number of rotatable bonds is 2. The van der Waals surface area contributed by atoms with Crippen LogP contribution < -0.4 is 0 Å². The quantitative estimate of drug-likeness (QED) is 0.862. The van der Waals surface area contributed by atoms with Crippen LogP contribution in [0.25, 0.3) is 10.9 Å². The molecule has 1 aromatic heterocycles. The molecule has 0 saturated carbocycles. The molecule has 0 aliphatic heterocycles. The monoisotopic (exact) mass is 249 g/mol. The van der Waals surface area contributed by atoms with Crippen LogP contribution in [-0.4, -0.2) is 10.1 Å². The molecule has 2 nitrogen and oxygen atoms in total. The van der Waals surface area contributed by atoms with Gasteiger partial charge in [-0.3, -0.25) is 0 Å². The minimum Gasteiger partial charge on any atom is -0.506 e. The predicted molar refractivity (Wildman–Crippen MR) is 71.7 cm³/mol. The van der Waals surface area contributed by atoms with Crippen LogP contribution in [0, 0.1) is 0 Å². The molecule has 0 radical (unpaired) electrons. The van der Waals surface area contributed by atoms with Crippen molar-refractivity contribution in [3.8, 4) is 5.75 Å². The normalized spacial score (nSPS) is 12.0. The van der Waals surface area contributed by atoms with Crippen LogP contribution in [-0.2, 0) is 5.41 Å². The molecule has 0 atom stereocenters. The first kappa shape index (κ1) is 12.2. The molecular formula is C14H16ClNO. The Bertz CT molecular complexity index is 563. The third kappa shape index (κ3) is 2.09. The third-order valence-electron chi connectivity index (χ3n) is 3.31. The van der Waals surface area contributed by atoms with E-state index >= 15 is 0 Å². The fraction of sp³-hybridized carbons (Fsp3) is 0.357. The summed E-state index contributed by atoms with van der Waals surface area (Å²) in [5.41, 5.74) is 1.42. The molecule has 0 bridgehead atoms. The van der Waals surface area contributed by atoms with Crippen molar-refractivity contribution >= 4 is 22.5 Å². The first-order valence-electron chi connectivity index (χ1n) is 5.74. The van der Waals surface area contributed by atoms with Gasteiger partial charge in [0.25, 0.3) is 0 Å². The number of pyridine rings is 1. The van der Waals surface area contributed by atoms with Crippen LogP contribution in [0.5, 0.6) is 5.75 Å². The molecule has 0 saturated heterocycles. The van der Waals surface area contributed by atoms with Crippen molar-refractivity contribution < 1.29 is 5.11 Å². The van der Waals surface area contributed by atoms with Gasteiger partial charge >= 0.3 is 0 Å². The van der Waals surface area contributed by atoms with E-state index in [1.807, 2.05) is 12.1 Å². The fourth-order valence-electron chi connectivity index (χ4n) is 1.81. The molecule has 0 amide bonds. The Morgan fingerprint density at radius 1 is 1.35 bits per heavy atom. The standard InChI is InChI=1S/C14H16ClNO/c1-4-14(2,3)13-12(17)8-9-10(15)6-5-7-11(9)16-13/h5-8,17H,4H2,1-3H3. The Balaban J connectivity index is 2.73. The highest BCUT2D eigenvalue weighted by molar-refractivity contribution is 6.35. The molecule has 0 aliphatic carbocycles. The summed E-state index contributed by atoms with van der Waals surface area (Å²) in [5, 5.41) is 11.5. The summed E-state index contributed by atoms with van der Waals surface area (Å²) in [6.07, 6.45) is 0.916. The Kier molecular flexibility index (Phi) is 3.00. The van der Waals surface area contributed by atoms with Gasteiger partial charge in [0.1, 0.15) is 5.75 Å². The van der Waals surface area contributed by atoms with Gasteiger partial charge in [-0.1, -0.05) is 38.4 Å². The lowest BCUT2D eigenvalue weighted by Crippen LogP contribution is -2.17. The Morgan fingerprint density at radius 3 is 2.71 bits per heavy atom. The van der Waals surface area contributed by atoms with Crippen molar-refractivity contribution in [2.24, 2.45) is 0 Å². The van der Waals surface area contributed by atoms with Crippen molar-refractivity contribution in [3.05, 3.63) is 35.0 Å². The van der Waals surface area contributed by atoms with Crippen LogP contribution in [0.4, 0.5) is 0 Å². The highest BCUT2D eigenvalue weighted by Gasteiger charge is 2.24. The zero-order chi connectivity index (χ0) is 12.6. The number of aromatic hydroxyl groups is 1. The molecule has 90 valence electrons. The van der Waals surface area contributed by atoms with E-state index in [1.165, 1.54) is 0 Å². The minimum absolute atomic E-state index is 0.138. The maximum atomic E-state index is 10.1. The van der Waals surface area contributed by atoms with Gasteiger partial charge in [-0.25, -0.2) is 4.98 Å². The number of benzene rings is 1. The molecule has 2 aromatic rings. The van der Waals surface area contributed by atoms with E-state index in [4.69, 9.17) is 11.6 Å². The lowest BCUT2D eigenvalue weighted by atomic mass is 9.85. The van der Waals surface area contributed by atoms with E-state index in [0.717, 1.165) is 23.0 Å². The van der Waals surface area contributed by atoms with E-state index in [2.05, 4.69) is 25.8 Å². The van der Waals surface area contributed by atoms with Crippen LogP contribution in [0.15, 0.2) is 24.3 Å². The first-order valence-corrected chi connectivity index (χ1v) is 6.12. The maximum absolute atomic E-state index is 10.1. The number of aromatic nitrogens is 1. The van der Waals surface area contributed by atoms with Gasteiger partial charge in [-0.05, 0) is 24.6 Å². The van der Waals surface area contributed by atoms with E-state index in [-0.39, 0.29) is 11.2 Å². The molecule has 1 aromatic carbocycles. The summed E-state index contributed by atoms with van der Waals surface area (Å²) < 4.78 is 0. The van der Waals surface area contributed by atoms with Gasteiger partial charge in [0, 0.05) is 10.8 Å². The van der Waals surface area contributed by atoms with Crippen molar-refractivity contribution in [3.63, 3.8) is 0 Å². The van der Waals surface area contributed by atoms with Gasteiger partial charge in [0.15, 0.2) is 0 Å². The summed E-state index contributed by atoms with van der Waals surface area (Å²) in [7, 11) is 0. The average Bonchev–Trinajstić information content (AvgIpc) is 2.29. The second-order valence-corrected chi connectivity index (χ2v) is 5.31. The molecule has 0 spiro atoms. The smallest absolute Gasteiger partial charge is 0.138 e. The number of hydrogen-bond donors (Lipinski definition) is 1. The van der Waals surface area contributed by atoms with E-state index in [1.54, 1.807) is 12.1 Å². The molecule has 2 rings (SSSR count). The Hall–Kier alpha value is -1.28. The largest absolute Gasteiger partial charge is 0.506 e. The summed E-state index contributed by atoms with van der Waals surface area (Å²) >= 11 is 6.08. The number of fused-ring (bicyclic) bond motifs is 1. The molecule has 0 unspecified atom stereocenters. The highest BCUT2D eigenvalue weighted by Crippen LogP contribution is 2.35. The molecule has 1 N–H and O–H groups in total. The van der Waals surface area contributed by atoms with Crippen molar-refractivity contribution in [2.75, 3.05) is 0 Å². The molecule has 17 heavy (non-hydrogen) atoms. The second-order valence-electron chi connectivity index (χ2n) is 4.90. The van der Waals surface area contributed by atoms with Crippen molar-refractivity contribution in [1.29, 1.82) is 0 Å². The summed E-state index contributed by atoms with van der Waals surface area (Å²) in [5.74, 6) is 0.220. The van der Waals surface area contributed by atoms with Gasteiger partial charge in [-0.15, -0.1) is 0 Å². The zero-order valence-electron chi connectivity index (χ0n) is 10.3. The van der Waals surface area contributed by atoms with Gasteiger partial charge in [0.05, 0.1) is 16.2 Å². The van der Waals surface area contributed by atoms with Crippen molar-refractivity contribution in [1.82, 2.24) is 4.98 Å². The number of halogens is 1.